The smallest absolute Gasteiger partial charge is 0.877 e. The second kappa shape index (κ2) is 16.7. The first kappa shape index (κ1) is 30.2. The number of hydrogen-bond donors (Lipinski definition) is 2. The number of rotatable bonds is 15. The van der Waals surface area contributed by atoms with Gasteiger partial charge in [-0.15, -0.1) is 6.26 Å². The molecule has 0 bridgehead atoms. The van der Waals surface area contributed by atoms with Crippen molar-refractivity contribution < 1.29 is 49.0 Å². The minimum Gasteiger partial charge on any atom is -0.877 e. The first-order valence-corrected chi connectivity index (χ1v) is 12.4. The van der Waals surface area contributed by atoms with Gasteiger partial charge in [-0.25, -0.2) is 5.01 Å². The molecule has 1 aliphatic heterocycles. The van der Waals surface area contributed by atoms with Crippen LogP contribution in [-0.4, -0.2) is 17.7 Å². The minimum atomic E-state index is -0.715. The van der Waals surface area contributed by atoms with Crippen molar-refractivity contribution in [1.29, 1.82) is 0 Å². The van der Waals surface area contributed by atoms with Gasteiger partial charge in [-0.3, -0.25) is 19.8 Å². The van der Waals surface area contributed by atoms with Crippen molar-refractivity contribution in [2.75, 3.05) is 10.3 Å². The molecule has 1 aliphatic rings. The normalized spacial score (nSPS) is 15.2. The van der Waals surface area contributed by atoms with Crippen LogP contribution in [0.15, 0.2) is 36.1 Å². The van der Waals surface area contributed by atoms with Gasteiger partial charge in [0.05, 0.1) is 11.3 Å². The summed E-state index contributed by atoms with van der Waals surface area (Å²) in [6.45, 7) is 4.40. The molecule has 0 radical (unpaired) electrons. The van der Waals surface area contributed by atoms with Crippen molar-refractivity contribution in [3.05, 3.63) is 36.1 Å². The van der Waals surface area contributed by atoms with E-state index in [1.807, 2.05) is 0 Å². The van der Waals surface area contributed by atoms with E-state index in [0.29, 0.717) is 11.4 Å². The van der Waals surface area contributed by atoms with Crippen LogP contribution in [0.25, 0.3) is 0 Å². The monoisotopic (exact) mass is 479 g/mol. The van der Waals surface area contributed by atoms with Crippen LogP contribution in [-0.2, 0) is 14.4 Å². The molecule has 1 fully saturated rings. The molecule has 1 aromatic carbocycles. The number of benzene rings is 1. The minimum absolute atomic E-state index is 0. The van der Waals surface area contributed by atoms with Crippen LogP contribution in [0.1, 0.15) is 90.9 Å². The van der Waals surface area contributed by atoms with E-state index in [9.17, 15) is 19.5 Å². The molecule has 1 saturated heterocycles. The first-order chi connectivity index (χ1) is 16.0. The van der Waals surface area contributed by atoms with Crippen molar-refractivity contribution in [3.8, 4) is 0 Å². The van der Waals surface area contributed by atoms with Crippen LogP contribution in [0.2, 0.25) is 0 Å². The molecule has 2 rings (SSSR count). The molecule has 7 nitrogen and oxygen atoms in total. The van der Waals surface area contributed by atoms with E-state index in [2.05, 4.69) is 24.6 Å². The third kappa shape index (κ3) is 9.43. The average molecular weight is 480 g/mol. The number of hydrogen-bond acceptors (Lipinski definition) is 4. The Hall–Kier alpha value is -1.83. The molecule has 3 amide bonds. The van der Waals surface area contributed by atoms with Gasteiger partial charge in [0.1, 0.15) is 0 Å². The van der Waals surface area contributed by atoms with Gasteiger partial charge in [0.25, 0.3) is 11.8 Å². The van der Waals surface area contributed by atoms with E-state index in [1.54, 1.807) is 24.3 Å². The van der Waals surface area contributed by atoms with E-state index in [0.717, 1.165) is 37.1 Å². The van der Waals surface area contributed by atoms with Gasteiger partial charge in [0, 0.05) is 11.6 Å². The molecule has 1 heterocycles. The maximum Gasteiger partial charge on any atom is 1.00 e. The second-order valence-electron chi connectivity index (χ2n) is 8.75. The Morgan fingerprint density at radius 3 is 2.00 bits per heavy atom. The van der Waals surface area contributed by atoms with Gasteiger partial charge in [-0.2, -0.15) is 0 Å². The summed E-state index contributed by atoms with van der Waals surface area (Å²) < 4.78 is 0. The summed E-state index contributed by atoms with van der Waals surface area (Å²) in [5, 5.41) is 14.9. The predicted octanol–water partition coefficient (Wildman–Crippen LogP) is 1.59. The molecule has 1 atom stereocenters. The summed E-state index contributed by atoms with van der Waals surface area (Å²) in [5.74, 6) is -1.36. The van der Waals surface area contributed by atoms with Gasteiger partial charge in [-0.1, -0.05) is 78.1 Å². The molecule has 2 N–H and O–H groups in total. The van der Waals surface area contributed by atoms with Gasteiger partial charge in [0.15, 0.2) is 0 Å². The largest absolute Gasteiger partial charge is 1.00 e. The Morgan fingerprint density at radius 1 is 0.941 bits per heavy atom. The molecule has 8 heteroatoms. The summed E-state index contributed by atoms with van der Waals surface area (Å²) in [7, 11) is 0. The Balaban J connectivity index is 0.00000578. The zero-order chi connectivity index (χ0) is 24.1. The predicted molar refractivity (Wildman–Crippen MR) is 129 cm³/mol. The van der Waals surface area contributed by atoms with E-state index in [1.165, 1.54) is 44.9 Å². The second-order valence-corrected chi connectivity index (χ2v) is 8.75. The maximum atomic E-state index is 13.0. The Kier molecular flexibility index (Phi) is 14.9. The number of carbonyl (C=O) groups is 3. The zero-order valence-electron chi connectivity index (χ0n) is 21.0. The summed E-state index contributed by atoms with van der Waals surface area (Å²) in [5.41, 5.74) is 3.00. The summed E-state index contributed by atoms with van der Waals surface area (Å²) in [6, 6.07) is 6.66. The number of carbonyl (C=O) groups excluding carboxylic acids is 3. The number of anilines is 2. The topological polar surface area (TPSA) is 102 Å². The molecule has 1 unspecified atom stereocenters. The third-order valence-electron chi connectivity index (χ3n) is 6.09. The van der Waals surface area contributed by atoms with E-state index in [-0.39, 0.29) is 47.6 Å². The molecular weight excluding hydrogens is 441 g/mol. The zero-order valence-corrected chi connectivity index (χ0v) is 23.0. The fraction of sp³-hybridized carbons (Fsp3) is 0.577. The van der Waals surface area contributed by atoms with E-state index in [4.69, 9.17) is 0 Å². The van der Waals surface area contributed by atoms with Crippen molar-refractivity contribution in [2.24, 2.45) is 5.92 Å². The molecule has 0 spiro atoms. The summed E-state index contributed by atoms with van der Waals surface area (Å²) in [6.07, 6.45) is 13.9. The van der Waals surface area contributed by atoms with Crippen LogP contribution in [0.3, 0.4) is 0 Å². The standard InChI is InChI=1S/C26H39N3O4.Na/c1-3-5-7-9-10-12-14-20(13-11-8-6-4-2)24(31)27-21-15-17-22(18-16-21)29-26(33)23(19-30)25(32)28-29;/h15-20,30H,3-14H2,1-2H3,(H,27,31)(H,28,32);/q;+1/p-1/b23-19-;. The number of unbranched alkanes of at least 4 members (excludes halogenated alkanes) is 8. The molecule has 34 heavy (non-hydrogen) atoms. The molecule has 0 aliphatic carbocycles. The van der Waals surface area contributed by atoms with Crippen LogP contribution < -0.4 is 50.4 Å². The van der Waals surface area contributed by atoms with Crippen LogP contribution in [0, 0.1) is 5.92 Å². The number of amides is 3. The number of hydrazine groups is 1. The van der Waals surface area contributed by atoms with Crippen LogP contribution >= 0.6 is 0 Å². The SMILES string of the molecule is CCCCCCCCC(CCCCCC)C(=O)Nc1ccc(N2NC(=O)/C(=C/[O-])C2=O)cc1.[Na+]. The molecule has 1 aromatic rings. The van der Waals surface area contributed by atoms with Gasteiger partial charge < -0.3 is 10.4 Å². The van der Waals surface area contributed by atoms with Gasteiger partial charge in [0.2, 0.25) is 5.91 Å². The van der Waals surface area contributed by atoms with Crippen LogP contribution in [0.4, 0.5) is 11.4 Å². The van der Waals surface area contributed by atoms with E-state index >= 15 is 0 Å². The van der Waals surface area contributed by atoms with Crippen molar-refractivity contribution in [3.63, 3.8) is 0 Å². The van der Waals surface area contributed by atoms with Crippen molar-refractivity contribution in [2.45, 2.75) is 90.9 Å². The number of nitrogens with one attached hydrogen (secondary N) is 2. The average Bonchev–Trinajstić information content (AvgIpc) is 3.10. The van der Waals surface area contributed by atoms with Crippen LogP contribution in [0.5, 0.6) is 0 Å². The molecule has 182 valence electrons. The Morgan fingerprint density at radius 2 is 1.47 bits per heavy atom. The van der Waals surface area contributed by atoms with E-state index < -0.39 is 17.4 Å². The quantitative estimate of drug-likeness (QED) is 0.131. The third-order valence-corrected chi connectivity index (χ3v) is 6.09. The Bertz CT molecular complexity index is 811. The summed E-state index contributed by atoms with van der Waals surface area (Å²) in [4.78, 5) is 36.8. The fourth-order valence-corrected chi connectivity index (χ4v) is 4.05. The van der Waals surface area contributed by atoms with Gasteiger partial charge in [-0.05, 0) is 37.1 Å². The molecular formula is C26H38N3NaO4. The fourth-order valence-electron chi connectivity index (χ4n) is 4.05. The van der Waals surface area contributed by atoms with Gasteiger partial charge >= 0.3 is 29.6 Å². The Labute approximate surface area is 226 Å². The number of nitrogens with zero attached hydrogens (tertiary/aromatic N) is 1. The summed E-state index contributed by atoms with van der Waals surface area (Å²) >= 11 is 0. The maximum absolute atomic E-state index is 13.0. The van der Waals surface area contributed by atoms with Crippen molar-refractivity contribution in [1.82, 2.24) is 5.43 Å². The first-order valence-electron chi connectivity index (χ1n) is 12.4. The molecule has 0 saturated carbocycles. The van der Waals surface area contributed by atoms with Crippen molar-refractivity contribution >= 4 is 29.1 Å². The molecule has 0 aromatic heterocycles.